The second-order valence-electron chi connectivity index (χ2n) is 3.71. The third kappa shape index (κ3) is 4.53. The summed E-state index contributed by atoms with van der Waals surface area (Å²) in [7, 11) is -3.07. The Kier molecular flexibility index (Phi) is 4.24. The van der Waals surface area contributed by atoms with Gasteiger partial charge in [-0.15, -0.1) is 0 Å². The molecule has 1 aromatic rings. The van der Waals surface area contributed by atoms with E-state index in [9.17, 15) is 18.0 Å². The minimum Gasteiger partial charge on any atom is -0.360 e. The maximum atomic E-state index is 11.3. The van der Waals surface area contributed by atoms with E-state index in [0.29, 0.717) is 5.56 Å². The molecule has 8 heteroatoms. The molecule has 0 aliphatic rings. The number of nitrogens with one attached hydrogen (secondary N) is 1. The molecular formula is C9H14N2O5S. The number of H-pyrrole nitrogens is 1. The van der Waals surface area contributed by atoms with Crippen LogP contribution in [0.3, 0.4) is 0 Å². The molecule has 0 radical (unpaired) electrons. The van der Waals surface area contributed by atoms with Crippen LogP contribution >= 0.6 is 0 Å². The molecule has 0 aromatic carbocycles. The zero-order valence-corrected chi connectivity index (χ0v) is 10.4. The molecule has 17 heavy (non-hydrogen) atoms. The fraction of sp³-hybridized carbons (Fsp3) is 0.556. The number of ether oxygens (including phenoxy) is 1. The van der Waals surface area contributed by atoms with Crippen LogP contribution in [-0.4, -0.2) is 36.6 Å². The Hall–Kier alpha value is -1.41. The molecule has 7 nitrogen and oxygen atoms in total. The minimum absolute atomic E-state index is 0.00342. The molecule has 0 spiro atoms. The van der Waals surface area contributed by atoms with Gasteiger partial charge in [0.25, 0.3) is 5.56 Å². The van der Waals surface area contributed by atoms with E-state index in [0.717, 1.165) is 6.26 Å². The SMILES string of the molecule is Cc1cn(COCCS(C)(=O)=O)c(=O)[nH]c1=O. The first-order valence-corrected chi connectivity index (χ1v) is 6.91. The molecule has 0 fully saturated rings. The van der Waals surface area contributed by atoms with Gasteiger partial charge in [0.1, 0.15) is 16.6 Å². The lowest BCUT2D eigenvalue weighted by Crippen LogP contribution is -2.31. The third-order valence-corrected chi connectivity index (χ3v) is 2.93. The van der Waals surface area contributed by atoms with Crippen molar-refractivity contribution in [2.24, 2.45) is 0 Å². The Bertz CT molecular complexity index is 599. The molecule has 0 atom stereocenters. The van der Waals surface area contributed by atoms with Crippen LogP contribution in [0.25, 0.3) is 0 Å². The second-order valence-corrected chi connectivity index (χ2v) is 5.97. The predicted octanol–water partition coefficient (Wildman–Crippen LogP) is -1.14. The van der Waals surface area contributed by atoms with Crippen molar-refractivity contribution in [2.45, 2.75) is 13.7 Å². The van der Waals surface area contributed by atoms with Gasteiger partial charge in [-0.3, -0.25) is 14.3 Å². The highest BCUT2D eigenvalue weighted by atomic mass is 32.2. The molecule has 0 bridgehead atoms. The smallest absolute Gasteiger partial charge is 0.330 e. The predicted molar refractivity (Wildman–Crippen MR) is 61.7 cm³/mol. The van der Waals surface area contributed by atoms with E-state index in [4.69, 9.17) is 4.74 Å². The van der Waals surface area contributed by atoms with Crippen LogP contribution in [0.2, 0.25) is 0 Å². The number of aryl methyl sites for hydroxylation is 1. The molecule has 0 saturated heterocycles. The van der Waals surface area contributed by atoms with Crippen LogP contribution in [0.4, 0.5) is 0 Å². The van der Waals surface area contributed by atoms with Crippen molar-refractivity contribution in [3.63, 3.8) is 0 Å². The Morgan fingerprint density at radius 1 is 1.41 bits per heavy atom. The summed E-state index contributed by atoms with van der Waals surface area (Å²) in [6, 6.07) is 0. The van der Waals surface area contributed by atoms with E-state index < -0.39 is 21.1 Å². The molecule has 1 heterocycles. The number of hydrogen-bond acceptors (Lipinski definition) is 5. The molecular weight excluding hydrogens is 248 g/mol. The van der Waals surface area contributed by atoms with Gasteiger partial charge in [0.15, 0.2) is 0 Å². The van der Waals surface area contributed by atoms with E-state index in [1.54, 1.807) is 6.92 Å². The van der Waals surface area contributed by atoms with Gasteiger partial charge in [0.05, 0.1) is 12.4 Å². The van der Waals surface area contributed by atoms with Crippen molar-refractivity contribution in [1.82, 2.24) is 9.55 Å². The van der Waals surface area contributed by atoms with Crippen LogP contribution in [-0.2, 0) is 21.3 Å². The maximum absolute atomic E-state index is 11.3. The normalized spacial score (nSPS) is 11.6. The topological polar surface area (TPSA) is 98.2 Å². The summed E-state index contributed by atoms with van der Waals surface area (Å²) in [6.07, 6.45) is 2.47. The van der Waals surface area contributed by atoms with Gasteiger partial charge < -0.3 is 4.74 Å². The van der Waals surface area contributed by atoms with Crippen LogP contribution in [0, 0.1) is 6.92 Å². The van der Waals surface area contributed by atoms with Crippen molar-refractivity contribution in [2.75, 3.05) is 18.6 Å². The second kappa shape index (κ2) is 5.28. The number of nitrogens with zero attached hydrogens (tertiary/aromatic N) is 1. The van der Waals surface area contributed by atoms with Crippen molar-refractivity contribution < 1.29 is 13.2 Å². The molecule has 0 saturated carbocycles. The van der Waals surface area contributed by atoms with Gasteiger partial charge in [0.2, 0.25) is 0 Å². The Balaban J connectivity index is 2.62. The molecule has 0 unspecified atom stereocenters. The monoisotopic (exact) mass is 262 g/mol. The summed E-state index contributed by atoms with van der Waals surface area (Å²) in [6.45, 7) is 1.47. The Morgan fingerprint density at radius 3 is 2.65 bits per heavy atom. The van der Waals surface area contributed by atoms with Crippen molar-refractivity contribution >= 4 is 9.84 Å². The third-order valence-electron chi connectivity index (χ3n) is 2.02. The lowest BCUT2D eigenvalue weighted by Gasteiger charge is -2.06. The van der Waals surface area contributed by atoms with Gasteiger partial charge in [-0.2, -0.15) is 0 Å². The van der Waals surface area contributed by atoms with Gasteiger partial charge >= 0.3 is 5.69 Å². The fourth-order valence-corrected chi connectivity index (χ4v) is 1.51. The number of rotatable bonds is 5. The van der Waals surface area contributed by atoms with Crippen LogP contribution in [0.15, 0.2) is 15.8 Å². The van der Waals surface area contributed by atoms with Crippen LogP contribution < -0.4 is 11.2 Å². The first kappa shape index (κ1) is 13.7. The summed E-state index contributed by atoms with van der Waals surface area (Å²) in [5.41, 5.74) is -0.640. The molecule has 1 N–H and O–H groups in total. The molecule has 1 rings (SSSR count). The standard InChI is InChI=1S/C9H14N2O5S/c1-7-5-11(9(13)10-8(7)12)6-16-3-4-17(2,14)15/h5H,3-4,6H2,1-2H3,(H,10,12,13). The van der Waals surface area contributed by atoms with E-state index in [2.05, 4.69) is 4.98 Å². The zero-order valence-electron chi connectivity index (χ0n) is 9.60. The minimum atomic E-state index is -3.07. The van der Waals surface area contributed by atoms with E-state index in [1.165, 1.54) is 10.8 Å². The first-order valence-electron chi connectivity index (χ1n) is 4.85. The van der Waals surface area contributed by atoms with Crippen LogP contribution in [0.5, 0.6) is 0 Å². The number of aromatic amines is 1. The summed E-state index contributed by atoms with van der Waals surface area (Å²) < 4.78 is 27.8. The largest absolute Gasteiger partial charge is 0.360 e. The summed E-state index contributed by atoms with van der Waals surface area (Å²) in [5.74, 6) is -0.107. The number of sulfone groups is 1. The Labute approximate surface area is 98.0 Å². The average molecular weight is 262 g/mol. The van der Waals surface area contributed by atoms with Crippen molar-refractivity contribution in [3.8, 4) is 0 Å². The Morgan fingerprint density at radius 2 is 2.06 bits per heavy atom. The highest BCUT2D eigenvalue weighted by molar-refractivity contribution is 7.90. The number of hydrogen-bond donors (Lipinski definition) is 1. The number of aromatic nitrogens is 2. The van der Waals surface area contributed by atoms with E-state index in [-0.39, 0.29) is 19.1 Å². The molecule has 0 aliphatic carbocycles. The van der Waals surface area contributed by atoms with Gasteiger partial charge in [-0.25, -0.2) is 13.2 Å². The van der Waals surface area contributed by atoms with Gasteiger partial charge in [0, 0.05) is 18.0 Å². The van der Waals surface area contributed by atoms with Crippen LogP contribution in [0.1, 0.15) is 5.56 Å². The summed E-state index contributed by atoms with van der Waals surface area (Å²) in [5, 5.41) is 0. The molecule has 0 amide bonds. The zero-order chi connectivity index (χ0) is 13.1. The highest BCUT2D eigenvalue weighted by Gasteiger charge is 2.03. The van der Waals surface area contributed by atoms with Gasteiger partial charge in [-0.05, 0) is 6.92 Å². The average Bonchev–Trinajstić information content (AvgIpc) is 2.18. The fourth-order valence-electron chi connectivity index (χ4n) is 1.09. The van der Waals surface area contributed by atoms with E-state index >= 15 is 0 Å². The van der Waals surface area contributed by atoms with E-state index in [1.807, 2.05) is 0 Å². The summed E-state index contributed by atoms with van der Waals surface area (Å²) in [4.78, 5) is 24.5. The lowest BCUT2D eigenvalue weighted by atomic mass is 10.4. The first-order chi connectivity index (χ1) is 7.79. The highest BCUT2D eigenvalue weighted by Crippen LogP contribution is 1.88. The lowest BCUT2D eigenvalue weighted by molar-refractivity contribution is 0.0854. The molecule has 0 aliphatic heterocycles. The molecule has 1 aromatic heterocycles. The summed E-state index contributed by atoms with van der Waals surface area (Å²) >= 11 is 0. The van der Waals surface area contributed by atoms with Crippen molar-refractivity contribution in [1.29, 1.82) is 0 Å². The quantitative estimate of drug-likeness (QED) is 0.677. The maximum Gasteiger partial charge on any atom is 0.330 e. The van der Waals surface area contributed by atoms with Gasteiger partial charge in [-0.1, -0.05) is 0 Å². The molecule has 96 valence electrons. The van der Waals surface area contributed by atoms with Crippen molar-refractivity contribution in [3.05, 3.63) is 32.6 Å².